The Morgan fingerprint density at radius 2 is 1.88 bits per heavy atom. The van der Waals surface area contributed by atoms with E-state index in [9.17, 15) is 0 Å². The first-order valence-electron chi connectivity index (χ1n) is 5.16. The fourth-order valence-corrected chi connectivity index (χ4v) is 2.40. The lowest BCUT2D eigenvalue weighted by Crippen LogP contribution is -1.99. The van der Waals surface area contributed by atoms with E-state index < -0.39 is 0 Å². The van der Waals surface area contributed by atoms with Gasteiger partial charge in [-0.2, -0.15) is 4.98 Å². The van der Waals surface area contributed by atoms with E-state index in [1.165, 1.54) is 0 Å². The lowest BCUT2D eigenvalue weighted by Gasteiger charge is -2.06. The van der Waals surface area contributed by atoms with Gasteiger partial charge in [-0.1, -0.05) is 18.2 Å². The molecule has 1 aromatic carbocycles. The van der Waals surface area contributed by atoms with Crippen LogP contribution in [0.3, 0.4) is 0 Å². The molecule has 0 saturated carbocycles. The number of fused-ring (bicyclic) bond motifs is 1. The van der Waals surface area contributed by atoms with Crippen molar-refractivity contribution < 1.29 is 0 Å². The van der Waals surface area contributed by atoms with Crippen LogP contribution >= 0.6 is 11.3 Å². The van der Waals surface area contributed by atoms with Crippen molar-refractivity contribution in [3.63, 3.8) is 0 Å². The number of para-hydroxylation sites is 1. The minimum atomic E-state index is 0.286. The number of nitrogens with two attached hydrogens (primary N) is 1. The number of benzene rings is 1. The van der Waals surface area contributed by atoms with Crippen molar-refractivity contribution in [2.24, 2.45) is 0 Å². The van der Waals surface area contributed by atoms with Crippen LogP contribution in [0.2, 0.25) is 0 Å². The second kappa shape index (κ2) is 4.03. The molecule has 0 atom stereocenters. The zero-order chi connectivity index (χ0) is 11.7. The number of hydrogen-bond acceptors (Lipinski definition) is 5. The molecule has 3 N–H and O–H groups in total. The molecule has 0 unspecified atom stereocenters. The molecule has 0 radical (unpaired) electrons. The SMILES string of the molecule is Nc1nc(Nc2ccccc2)c2sccc2n1. The maximum atomic E-state index is 5.68. The molecule has 2 aromatic heterocycles. The predicted octanol–water partition coefficient (Wildman–Crippen LogP) is 3.02. The summed E-state index contributed by atoms with van der Waals surface area (Å²) >= 11 is 1.60. The lowest BCUT2D eigenvalue weighted by atomic mass is 10.3. The molecular formula is C12H10N4S. The van der Waals surface area contributed by atoms with E-state index in [1.54, 1.807) is 11.3 Å². The van der Waals surface area contributed by atoms with Crippen molar-refractivity contribution in [3.8, 4) is 0 Å². The molecule has 0 fully saturated rings. The Balaban J connectivity index is 2.08. The minimum Gasteiger partial charge on any atom is -0.368 e. The monoisotopic (exact) mass is 242 g/mol. The fourth-order valence-electron chi connectivity index (χ4n) is 1.62. The van der Waals surface area contributed by atoms with E-state index in [4.69, 9.17) is 5.73 Å². The fraction of sp³-hybridized carbons (Fsp3) is 0. The van der Waals surface area contributed by atoms with Gasteiger partial charge in [-0.15, -0.1) is 11.3 Å². The Kier molecular flexibility index (Phi) is 2.38. The maximum Gasteiger partial charge on any atom is 0.222 e. The Morgan fingerprint density at radius 1 is 1.06 bits per heavy atom. The van der Waals surface area contributed by atoms with E-state index in [-0.39, 0.29) is 5.95 Å². The minimum absolute atomic E-state index is 0.286. The van der Waals surface area contributed by atoms with Gasteiger partial charge < -0.3 is 11.1 Å². The molecule has 0 bridgehead atoms. The molecule has 5 heteroatoms. The molecule has 4 nitrogen and oxygen atoms in total. The van der Waals surface area contributed by atoms with E-state index in [0.717, 1.165) is 21.7 Å². The van der Waals surface area contributed by atoms with Crippen LogP contribution in [0.25, 0.3) is 10.2 Å². The number of thiophene rings is 1. The molecule has 84 valence electrons. The topological polar surface area (TPSA) is 63.8 Å². The predicted molar refractivity (Wildman–Crippen MR) is 71.6 cm³/mol. The number of rotatable bonds is 2. The first-order valence-corrected chi connectivity index (χ1v) is 6.04. The molecule has 3 rings (SSSR count). The summed E-state index contributed by atoms with van der Waals surface area (Å²) in [5, 5.41) is 5.23. The summed E-state index contributed by atoms with van der Waals surface area (Å²) in [5.74, 6) is 1.04. The third kappa shape index (κ3) is 1.92. The Hall–Kier alpha value is -2.14. The summed E-state index contributed by atoms with van der Waals surface area (Å²) in [7, 11) is 0. The highest BCUT2D eigenvalue weighted by Gasteiger charge is 2.07. The lowest BCUT2D eigenvalue weighted by molar-refractivity contribution is 1.24. The standard InChI is InChI=1S/C12H10N4S/c13-12-15-9-6-7-17-10(9)11(16-12)14-8-4-2-1-3-5-8/h1-7H,(H3,13,14,15,16). The summed E-state index contributed by atoms with van der Waals surface area (Å²) in [6, 6.07) is 11.8. The highest BCUT2D eigenvalue weighted by atomic mass is 32.1. The number of hydrogen-bond donors (Lipinski definition) is 2. The van der Waals surface area contributed by atoms with Crippen molar-refractivity contribution in [1.82, 2.24) is 9.97 Å². The zero-order valence-electron chi connectivity index (χ0n) is 8.92. The van der Waals surface area contributed by atoms with Crippen LogP contribution in [0.5, 0.6) is 0 Å². The second-order valence-electron chi connectivity index (χ2n) is 3.56. The van der Waals surface area contributed by atoms with E-state index >= 15 is 0 Å². The molecule has 0 aliphatic carbocycles. The molecule has 0 saturated heterocycles. The van der Waals surface area contributed by atoms with Gasteiger partial charge in [0.25, 0.3) is 0 Å². The number of nitrogens with one attached hydrogen (secondary N) is 1. The van der Waals surface area contributed by atoms with Crippen molar-refractivity contribution in [3.05, 3.63) is 41.8 Å². The van der Waals surface area contributed by atoms with Gasteiger partial charge in [0.15, 0.2) is 5.82 Å². The molecule has 0 spiro atoms. The molecule has 0 amide bonds. The van der Waals surface area contributed by atoms with Gasteiger partial charge >= 0.3 is 0 Å². The van der Waals surface area contributed by atoms with Crippen molar-refractivity contribution in [2.75, 3.05) is 11.1 Å². The summed E-state index contributed by atoms with van der Waals surface area (Å²) in [6.07, 6.45) is 0. The Morgan fingerprint density at radius 3 is 2.71 bits per heavy atom. The number of aromatic nitrogens is 2. The van der Waals surface area contributed by atoms with E-state index in [2.05, 4.69) is 15.3 Å². The van der Waals surface area contributed by atoms with Gasteiger partial charge in [0, 0.05) is 5.69 Å². The highest BCUT2D eigenvalue weighted by Crippen LogP contribution is 2.28. The third-order valence-corrected chi connectivity index (χ3v) is 3.27. The summed E-state index contributed by atoms with van der Waals surface area (Å²) in [5.41, 5.74) is 7.54. The molecule has 2 heterocycles. The first-order chi connectivity index (χ1) is 8.33. The van der Waals surface area contributed by atoms with Crippen molar-refractivity contribution in [2.45, 2.75) is 0 Å². The zero-order valence-corrected chi connectivity index (χ0v) is 9.74. The van der Waals surface area contributed by atoms with Gasteiger partial charge in [0.2, 0.25) is 5.95 Å². The van der Waals surface area contributed by atoms with Crippen LogP contribution in [0.4, 0.5) is 17.5 Å². The third-order valence-electron chi connectivity index (χ3n) is 2.36. The van der Waals surface area contributed by atoms with Gasteiger partial charge in [-0.25, -0.2) is 4.98 Å². The van der Waals surface area contributed by atoms with Crippen LogP contribution in [-0.2, 0) is 0 Å². The average molecular weight is 242 g/mol. The van der Waals surface area contributed by atoms with E-state index in [0.29, 0.717) is 0 Å². The molecule has 17 heavy (non-hydrogen) atoms. The maximum absolute atomic E-state index is 5.68. The van der Waals surface area contributed by atoms with Crippen LogP contribution in [0, 0.1) is 0 Å². The van der Waals surface area contributed by atoms with Crippen LogP contribution in [0.1, 0.15) is 0 Å². The summed E-state index contributed by atoms with van der Waals surface area (Å²) in [6.45, 7) is 0. The quantitative estimate of drug-likeness (QED) is 0.725. The molecule has 3 aromatic rings. The Bertz CT molecular complexity index is 648. The van der Waals surface area contributed by atoms with Crippen molar-refractivity contribution >= 4 is 39.0 Å². The normalized spacial score (nSPS) is 10.6. The first kappa shape index (κ1) is 10.0. The number of nitrogens with zero attached hydrogens (tertiary/aromatic N) is 2. The second-order valence-corrected chi connectivity index (χ2v) is 4.47. The average Bonchev–Trinajstić information content (AvgIpc) is 2.78. The molecular weight excluding hydrogens is 232 g/mol. The van der Waals surface area contributed by atoms with Crippen LogP contribution < -0.4 is 11.1 Å². The highest BCUT2D eigenvalue weighted by molar-refractivity contribution is 7.17. The van der Waals surface area contributed by atoms with Gasteiger partial charge in [0.1, 0.15) is 0 Å². The summed E-state index contributed by atoms with van der Waals surface area (Å²) in [4.78, 5) is 8.41. The van der Waals surface area contributed by atoms with Crippen LogP contribution in [-0.4, -0.2) is 9.97 Å². The summed E-state index contributed by atoms with van der Waals surface area (Å²) < 4.78 is 1.02. The van der Waals surface area contributed by atoms with Crippen molar-refractivity contribution in [1.29, 1.82) is 0 Å². The van der Waals surface area contributed by atoms with Crippen LogP contribution in [0.15, 0.2) is 41.8 Å². The van der Waals surface area contributed by atoms with Gasteiger partial charge in [-0.05, 0) is 23.6 Å². The largest absolute Gasteiger partial charge is 0.368 e. The van der Waals surface area contributed by atoms with Gasteiger partial charge in [0.05, 0.1) is 10.2 Å². The van der Waals surface area contributed by atoms with Gasteiger partial charge in [-0.3, -0.25) is 0 Å². The number of anilines is 3. The Labute approximate surface area is 102 Å². The smallest absolute Gasteiger partial charge is 0.222 e. The number of nitrogen functional groups attached to an aromatic ring is 1. The molecule has 0 aliphatic heterocycles. The van der Waals surface area contributed by atoms with E-state index in [1.807, 2.05) is 41.8 Å². The molecule has 0 aliphatic rings.